The Morgan fingerprint density at radius 2 is 1.85 bits per heavy atom. The molecule has 0 saturated carbocycles. The van der Waals surface area contributed by atoms with Crippen molar-refractivity contribution < 1.29 is 9.90 Å². The first kappa shape index (κ1) is 18.9. The maximum atomic E-state index is 11.3. The highest BCUT2D eigenvalue weighted by molar-refractivity contribution is 7.12. The number of benzene rings is 1. The van der Waals surface area contributed by atoms with E-state index in [-0.39, 0.29) is 12.0 Å². The normalized spacial score (nSPS) is 17.2. The molecule has 1 aromatic carbocycles. The van der Waals surface area contributed by atoms with Crippen LogP contribution in [0.2, 0.25) is 0 Å². The van der Waals surface area contributed by atoms with Crippen LogP contribution in [-0.2, 0) is 11.2 Å². The van der Waals surface area contributed by atoms with Crippen LogP contribution in [0.5, 0.6) is 0 Å². The summed E-state index contributed by atoms with van der Waals surface area (Å²) >= 11 is 1.88. The number of likely N-dealkylation sites (tertiary alicyclic amines) is 1. The van der Waals surface area contributed by atoms with Gasteiger partial charge in [-0.3, -0.25) is 9.69 Å². The number of aliphatic carboxylic acids is 1. The fraction of sp³-hybridized carbons (Fsp3) is 0.476. The lowest BCUT2D eigenvalue weighted by molar-refractivity contribution is -0.143. The van der Waals surface area contributed by atoms with Crippen LogP contribution in [-0.4, -0.2) is 43.2 Å². The Labute approximate surface area is 160 Å². The zero-order valence-corrected chi connectivity index (χ0v) is 16.6. The summed E-state index contributed by atoms with van der Waals surface area (Å²) in [4.78, 5) is 18.6. The van der Waals surface area contributed by atoms with Crippen LogP contribution in [0.3, 0.4) is 0 Å². The molecule has 3 rings (SSSR count). The number of nitrogens with zero attached hydrogens (tertiary/aromatic N) is 2. The van der Waals surface area contributed by atoms with E-state index < -0.39 is 5.97 Å². The van der Waals surface area contributed by atoms with Crippen molar-refractivity contribution in [3.05, 3.63) is 51.7 Å². The summed E-state index contributed by atoms with van der Waals surface area (Å²) in [5.74, 6) is -0.849. The first-order chi connectivity index (χ1) is 12.5. The number of carboxylic acids is 1. The van der Waals surface area contributed by atoms with Gasteiger partial charge in [-0.05, 0) is 62.2 Å². The predicted molar refractivity (Wildman–Crippen MR) is 108 cm³/mol. The highest BCUT2D eigenvalue weighted by Crippen LogP contribution is 2.36. The minimum Gasteiger partial charge on any atom is -0.481 e. The molecule has 0 spiro atoms. The second-order valence-electron chi connectivity index (χ2n) is 7.19. The summed E-state index contributed by atoms with van der Waals surface area (Å²) in [6, 6.07) is 13.5. The van der Waals surface area contributed by atoms with Crippen LogP contribution < -0.4 is 4.90 Å². The summed E-state index contributed by atoms with van der Waals surface area (Å²) in [5.41, 5.74) is 2.48. The van der Waals surface area contributed by atoms with E-state index in [2.05, 4.69) is 67.2 Å². The third-order valence-electron chi connectivity index (χ3n) is 5.27. The molecule has 5 heteroatoms. The number of carbonyl (C=O) groups is 1. The molecule has 1 atom stereocenters. The van der Waals surface area contributed by atoms with Crippen molar-refractivity contribution in [3.8, 4) is 0 Å². The standard InChI is InChI=1S/C21H28N2O2S/c1-4-18-9-10-19(26-18)20(15-5-7-17(8-6-15)22(2)3)23-13-11-16(12-14-23)21(24)25/h5-10,16,20H,4,11-14H2,1-3H3,(H,24,25). The largest absolute Gasteiger partial charge is 0.481 e. The van der Waals surface area contributed by atoms with Crippen LogP contribution >= 0.6 is 11.3 Å². The predicted octanol–water partition coefficient (Wildman–Crippen LogP) is 4.26. The van der Waals surface area contributed by atoms with Crippen molar-refractivity contribution in [3.63, 3.8) is 0 Å². The van der Waals surface area contributed by atoms with Gasteiger partial charge in [0.25, 0.3) is 0 Å². The number of aryl methyl sites for hydroxylation is 1. The van der Waals surface area contributed by atoms with E-state index >= 15 is 0 Å². The van der Waals surface area contributed by atoms with E-state index in [1.54, 1.807) is 0 Å². The first-order valence-corrected chi connectivity index (χ1v) is 10.1. The Bertz CT molecular complexity index is 731. The molecule has 0 amide bonds. The van der Waals surface area contributed by atoms with E-state index in [4.69, 9.17) is 0 Å². The molecular formula is C21H28N2O2S. The van der Waals surface area contributed by atoms with Gasteiger partial charge in [-0.15, -0.1) is 11.3 Å². The SMILES string of the molecule is CCc1ccc(C(c2ccc(N(C)C)cc2)N2CCC(C(=O)O)CC2)s1. The van der Waals surface area contributed by atoms with E-state index in [0.717, 1.165) is 32.4 Å². The Hall–Kier alpha value is -1.85. The van der Waals surface area contributed by atoms with Crippen LogP contribution in [0.4, 0.5) is 5.69 Å². The minimum atomic E-state index is -0.652. The number of carboxylic acid groups (broad SMARTS) is 1. The number of hydrogen-bond acceptors (Lipinski definition) is 4. The molecule has 4 nitrogen and oxygen atoms in total. The smallest absolute Gasteiger partial charge is 0.306 e. The molecule has 0 aliphatic carbocycles. The summed E-state index contributed by atoms with van der Waals surface area (Å²) in [6.07, 6.45) is 2.51. The fourth-order valence-corrected chi connectivity index (χ4v) is 4.76. The van der Waals surface area contributed by atoms with Crippen LogP contribution in [0, 0.1) is 5.92 Å². The molecule has 1 N–H and O–H groups in total. The Balaban J connectivity index is 1.88. The topological polar surface area (TPSA) is 43.8 Å². The van der Waals surface area contributed by atoms with Crippen LogP contribution in [0.25, 0.3) is 0 Å². The lowest BCUT2D eigenvalue weighted by Crippen LogP contribution is -2.39. The number of hydrogen-bond donors (Lipinski definition) is 1. The molecule has 140 valence electrons. The van der Waals surface area contributed by atoms with Crippen molar-refractivity contribution in [2.75, 3.05) is 32.1 Å². The van der Waals surface area contributed by atoms with Crippen LogP contribution in [0.1, 0.15) is 41.1 Å². The first-order valence-electron chi connectivity index (χ1n) is 9.32. The molecule has 0 bridgehead atoms. The third-order valence-corrected chi connectivity index (χ3v) is 6.55. The average molecular weight is 373 g/mol. The number of piperidine rings is 1. The minimum absolute atomic E-state index is 0.197. The molecule has 1 unspecified atom stereocenters. The molecule has 1 aliphatic heterocycles. The maximum Gasteiger partial charge on any atom is 0.306 e. The van der Waals surface area contributed by atoms with Gasteiger partial charge < -0.3 is 10.0 Å². The molecular weight excluding hydrogens is 344 g/mol. The van der Waals surface area contributed by atoms with Crippen molar-refractivity contribution in [2.45, 2.75) is 32.2 Å². The molecule has 1 fully saturated rings. The third kappa shape index (κ3) is 4.10. The van der Waals surface area contributed by atoms with E-state index in [9.17, 15) is 9.90 Å². The highest BCUT2D eigenvalue weighted by Gasteiger charge is 2.30. The highest BCUT2D eigenvalue weighted by atomic mass is 32.1. The molecule has 2 aromatic rings. The summed E-state index contributed by atoms with van der Waals surface area (Å²) < 4.78 is 0. The quantitative estimate of drug-likeness (QED) is 0.823. The van der Waals surface area contributed by atoms with Crippen molar-refractivity contribution in [1.82, 2.24) is 4.90 Å². The number of thiophene rings is 1. The molecule has 1 aliphatic rings. The van der Waals surface area contributed by atoms with Gasteiger partial charge in [0, 0.05) is 29.5 Å². The molecule has 0 radical (unpaired) electrons. The Morgan fingerprint density at radius 1 is 1.19 bits per heavy atom. The maximum absolute atomic E-state index is 11.3. The van der Waals surface area contributed by atoms with E-state index in [0.29, 0.717) is 0 Å². The average Bonchev–Trinajstić information content (AvgIpc) is 3.11. The van der Waals surface area contributed by atoms with Gasteiger partial charge in [-0.25, -0.2) is 0 Å². The lowest BCUT2D eigenvalue weighted by Gasteiger charge is -2.36. The second-order valence-corrected chi connectivity index (χ2v) is 8.39. The summed E-state index contributed by atoms with van der Waals surface area (Å²) in [5, 5.41) is 9.29. The van der Waals surface area contributed by atoms with Crippen molar-refractivity contribution in [1.29, 1.82) is 0 Å². The number of anilines is 1. The van der Waals surface area contributed by atoms with Crippen LogP contribution in [0.15, 0.2) is 36.4 Å². The Morgan fingerprint density at radius 3 is 2.35 bits per heavy atom. The fourth-order valence-electron chi connectivity index (χ4n) is 3.65. The summed E-state index contributed by atoms with van der Waals surface area (Å²) in [6.45, 7) is 3.85. The monoisotopic (exact) mass is 372 g/mol. The lowest BCUT2D eigenvalue weighted by atomic mass is 9.93. The Kier molecular flexibility index (Phi) is 5.99. The van der Waals surface area contributed by atoms with Gasteiger partial charge in [0.15, 0.2) is 0 Å². The molecule has 1 aromatic heterocycles. The van der Waals surface area contributed by atoms with Gasteiger partial charge >= 0.3 is 5.97 Å². The van der Waals surface area contributed by atoms with Gasteiger partial charge in [-0.2, -0.15) is 0 Å². The molecule has 26 heavy (non-hydrogen) atoms. The van der Waals surface area contributed by atoms with Gasteiger partial charge in [0.2, 0.25) is 0 Å². The van der Waals surface area contributed by atoms with E-state index in [1.807, 2.05) is 11.3 Å². The van der Waals surface area contributed by atoms with Gasteiger partial charge in [0.1, 0.15) is 0 Å². The van der Waals surface area contributed by atoms with Gasteiger partial charge in [-0.1, -0.05) is 19.1 Å². The molecule has 1 saturated heterocycles. The van der Waals surface area contributed by atoms with E-state index in [1.165, 1.54) is 21.0 Å². The van der Waals surface area contributed by atoms with Crippen molar-refractivity contribution >= 4 is 23.0 Å². The zero-order chi connectivity index (χ0) is 18.7. The number of rotatable bonds is 6. The zero-order valence-electron chi connectivity index (χ0n) is 15.8. The summed E-state index contributed by atoms with van der Waals surface area (Å²) in [7, 11) is 4.10. The second kappa shape index (κ2) is 8.23. The molecule has 2 heterocycles. The van der Waals surface area contributed by atoms with Gasteiger partial charge in [0.05, 0.1) is 12.0 Å². The van der Waals surface area contributed by atoms with Crippen molar-refractivity contribution in [2.24, 2.45) is 5.92 Å².